The quantitative estimate of drug-likeness (QED) is 0.102. The van der Waals surface area contributed by atoms with Crippen molar-refractivity contribution in [3.63, 3.8) is 0 Å². The van der Waals surface area contributed by atoms with Gasteiger partial charge in [0.05, 0.1) is 0 Å². The zero-order chi connectivity index (χ0) is 76.4. The van der Waals surface area contributed by atoms with Gasteiger partial charge < -0.3 is 0 Å². The van der Waals surface area contributed by atoms with Gasteiger partial charge in [0.1, 0.15) is 21.1 Å². The van der Waals surface area contributed by atoms with Crippen LogP contribution < -0.4 is 13.7 Å². The van der Waals surface area contributed by atoms with E-state index in [2.05, 4.69) is 330 Å². The van der Waals surface area contributed by atoms with Crippen molar-refractivity contribution in [1.29, 1.82) is 0 Å². The van der Waals surface area contributed by atoms with Crippen molar-refractivity contribution in [2.24, 2.45) is 21.1 Å². The summed E-state index contributed by atoms with van der Waals surface area (Å²) in [5.41, 5.74) is 31.5. The van der Waals surface area contributed by atoms with Crippen molar-refractivity contribution in [2.45, 2.75) is 175 Å². The number of aromatic nitrogens is 3. The highest BCUT2D eigenvalue weighted by Crippen LogP contribution is 2.43. The topological polar surface area (TPSA) is 11.6 Å². The number of aryl methyl sites for hydroxylation is 7. The Morgan fingerprint density at radius 2 is 0.574 bits per heavy atom. The maximum Gasteiger partial charge on any atom is 0.213 e. The summed E-state index contributed by atoms with van der Waals surface area (Å²) in [5, 5.41) is 7.57. The van der Waals surface area contributed by atoms with Crippen molar-refractivity contribution in [2.75, 3.05) is 0 Å². The highest BCUT2D eigenvalue weighted by atomic mass is 14.9. The first-order chi connectivity index (χ1) is 53.1. The van der Waals surface area contributed by atoms with E-state index in [4.69, 9.17) is 2.74 Å². The summed E-state index contributed by atoms with van der Waals surface area (Å²) in [6.07, 6.45) is 25.6. The Balaban J connectivity index is 0.000000132. The number of nitrogens with zero attached hydrogens (tertiary/aromatic N) is 3. The fourth-order valence-corrected chi connectivity index (χ4v) is 17.9. The maximum atomic E-state index is 8.93. The average Bonchev–Trinajstić information content (AvgIpc) is 1.03. The first-order valence-corrected chi connectivity index (χ1v) is 40.3. The molecule has 3 aliphatic rings. The number of hydrogen-bond donors (Lipinski definition) is 0. The SMILES string of the molecule is Cc1ccc2cc(-c3cc(-c4ccccc4C)[n+](C)cc3C3CCCCC3)ccc2c1.[2H]C(C)(C)c1c[n+](C)c(-c2ccccc2C)cc1-c1ccc2cc(-c3ccc(C4CCCC4)cc3)ccc2c1.[2H]C(C)(C)c1c[n+](C)c(-c2ccccc2C)cc1-c1ccc2cc(-c3ccc(C4CCCCC4)cc3)ccc2c1. The summed E-state index contributed by atoms with van der Waals surface area (Å²) in [6.45, 7) is 16.6. The molecule has 542 valence electrons. The normalized spacial score (nSPS) is 14.8. The molecule has 0 unspecified atom stereocenters. The first-order valence-electron chi connectivity index (χ1n) is 41.3. The molecule has 3 nitrogen and oxygen atoms in total. The van der Waals surface area contributed by atoms with Crippen molar-refractivity contribution >= 4 is 32.3 Å². The van der Waals surface area contributed by atoms with E-state index in [1.165, 1.54) is 217 Å². The maximum absolute atomic E-state index is 8.93. The van der Waals surface area contributed by atoms with Crippen LogP contribution in [0.5, 0.6) is 0 Å². The average molecular weight is 1420 g/mol. The molecule has 108 heavy (non-hydrogen) atoms. The van der Waals surface area contributed by atoms with Gasteiger partial charge in [-0.3, -0.25) is 0 Å². The molecule has 3 fully saturated rings. The van der Waals surface area contributed by atoms with E-state index >= 15 is 0 Å². The molecule has 0 atom stereocenters. The number of hydrogen-bond acceptors (Lipinski definition) is 0. The fraction of sp³-hybridized carbons (Fsp3) is 0.286. The van der Waals surface area contributed by atoms with Gasteiger partial charge in [-0.1, -0.05) is 267 Å². The van der Waals surface area contributed by atoms with E-state index in [-0.39, 0.29) is 0 Å². The Bertz CT molecular complexity index is 5670. The third-order valence-corrected chi connectivity index (χ3v) is 24.2. The predicted molar refractivity (Wildman–Crippen MR) is 459 cm³/mol. The molecule has 3 heteroatoms. The third-order valence-electron chi connectivity index (χ3n) is 24.2. The van der Waals surface area contributed by atoms with E-state index in [9.17, 15) is 0 Å². The van der Waals surface area contributed by atoms with Gasteiger partial charge in [0, 0.05) is 54.3 Å². The van der Waals surface area contributed by atoms with Crippen LogP contribution in [0.25, 0.3) is 122 Å². The Kier molecular flexibility index (Phi) is 21.3. The lowest BCUT2D eigenvalue weighted by atomic mass is 9.81. The smallest absolute Gasteiger partial charge is 0.201 e. The zero-order valence-corrected chi connectivity index (χ0v) is 65.9. The molecule has 0 spiro atoms. The second-order valence-corrected chi connectivity index (χ2v) is 32.3. The van der Waals surface area contributed by atoms with E-state index < -0.39 is 11.8 Å². The Hall–Kier alpha value is -10.4. The molecule has 11 aromatic carbocycles. The predicted octanol–water partition coefficient (Wildman–Crippen LogP) is 27.6. The van der Waals surface area contributed by atoms with Gasteiger partial charge in [-0.2, -0.15) is 0 Å². The Morgan fingerprint density at radius 1 is 0.278 bits per heavy atom. The highest BCUT2D eigenvalue weighted by Gasteiger charge is 2.28. The first kappa shape index (κ1) is 70.6. The fourth-order valence-electron chi connectivity index (χ4n) is 17.9. The number of rotatable bonds is 13. The summed E-state index contributed by atoms with van der Waals surface area (Å²) in [5.74, 6) is 0.706. The van der Waals surface area contributed by atoms with E-state index in [0.717, 1.165) is 56.6 Å². The van der Waals surface area contributed by atoms with Crippen LogP contribution in [0.15, 0.2) is 267 Å². The monoisotopic (exact) mass is 1410 g/mol. The molecule has 0 radical (unpaired) electrons. The molecule has 3 aliphatic carbocycles. The minimum atomic E-state index is -0.722. The van der Waals surface area contributed by atoms with Gasteiger partial charge in [0.2, 0.25) is 17.1 Å². The minimum Gasteiger partial charge on any atom is -0.201 e. The van der Waals surface area contributed by atoms with Crippen LogP contribution in [0.4, 0.5) is 0 Å². The summed E-state index contributed by atoms with van der Waals surface area (Å²) < 4.78 is 24.5. The molecule has 3 aromatic heterocycles. The van der Waals surface area contributed by atoms with Crippen LogP contribution >= 0.6 is 0 Å². The lowest BCUT2D eigenvalue weighted by molar-refractivity contribution is -0.660. The van der Waals surface area contributed by atoms with E-state index in [0.29, 0.717) is 5.92 Å². The van der Waals surface area contributed by atoms with E-state index in [1.807, 2.05) is 27.7 Å². The number of benzene rings is 11. The van der Waals surface area contributed by atoms with Gasteiger partial charge >= 0.3 is 0 Å². The second-order valence-electron chi connectivity index (χ2n) is 32.3. The summed E-state index contributed by atoms with van der Waals surface area (Å²) in [4.78, 5) is 0. The summed E-state index contributed by atoms with van der Waals surface area (Å²) in [7, 11) is 6.38. The third kappa shape index (κ3) is 16.0. The van der Waals surface area contributed by atoms with Gasteiger partial charge in [0.15, 0.2) is 18.6 Å². The number of fused-ring (bicyclic) bond motifs is 3. The van der Waals surface area contributed by atoms with Crippen molar-refractivity contribution < 1.29 is 16.4 Å². The molecule has 3 saturated carbocycles. The largest absolute Gasteiger partial charge is 0.213 e. The molecular weight excluding hydrogens is 1300 g/mol. The zero-order valence-electron chi connectivity index (χ0n) is 67.9. The molecule has 0 aliphatic heterocycles. The lowest BCUT2D eigenvalue weighted by Crippen LogP contribution is -2.32. The van der Waals surface area contributed by atoms with Crippen molar-refractivity contribution in [3.05, 3.63) is 317 Å². The summed E-state index contributed by atoms with van der Waals surface area (Å²) >= 11 is 0. The molecule has 0 amide bonds. The standard InChI is InChI=1S/C38H40N.C37H38N.C30H32N/c1-26(2)37-25-39(4)38(35-13-9-8-10-27(35)3)24-36(37)34-21-20-32-22-31(18-19-33(32)23-34)30-16-14-29(15-17-30)28-11-6-5-7-12-28;1-25(2)36-24-38(4)37(34-12-8-5-9-26(34)3)23-35(36)33-20-19-31-21-30(17-18-32(31)22-33)29-15-13-28(14-16-29)27-10-6-7-11-27;1-21-13-14-25-18-26(16-15-24(25)17-21)28-19-30(27-12-8-7-9-22(27)2)31(3)20-29(28)23-10-5-4-6-11-23/h8-10,13-26,28H,5-7,11-12H2,1-4H3;5,8-9,12-25,27H,6-7,10-11H2,1-4H3;7-9,12-20,23H,4-6,10-11H2,1-3H3/q3*+1/i26D;25D;. The lowest BCUT2D eigenvalue weighted by Gasteiger charge is -2.24. The minimum absolute atomic E-state index is 0.662. The van der Waals surface area contributed by atoms with Gasteiger partial charge in [-0.25, -0.2) is 13.7 Å². The molecule has 0 N–H and O–H groups in total. The van der Waals surface area contributed by atoms with Gasteiger partial charge in [-0.15, -0.1) is 0 Å². The van der Waals surface area contributed by atoms with Crippen LogP contribution in [-0.2, 0) is 21.1 Å². The van der Waals surface area contributed by atoms with Crippen molar-refractivity contribution in [3.8, 4) is 89.4 Å². The molecule has 14 aromatic rings. The van der Waals surface area contributed by atoms with Crippen LogP contribution in [-0.4, -0.2) is 0 Å². The summed E-state index contributed by atoms with van der Waals surface area (Å²) in [6, 6.07) is 92.3. The van der Waals surface area contributed by atoms with Crippen LogP contribution in [0.3, 0.4) is 0 Å². The van der Waals surface area contributed by atoms with E-state index in [1.54, 1.807) is 0 Å². The molecule has 17 rings (SSSR count). The van der Waals surface area contributed by atoms with Crippen LogP contribution in [0.1, 0.15) is 200 Å². The molecule has 0 saturated heterocycles. The molecular formula is C105H110N3+3. The van der Waals surface area contributed by atoms with Gasteiger partial charge in [0.25, 0.3) is 0 Å². The molecule has 3 heterocycles. The highest BCUT2D eigenvalue weighted by molar-refractivity contribution is 5.94. The Labute approximate surface area is 647 Å². The van der Waals surface area contributed by atoms with Crippen LogP contribution in [0, 0.1) is 27.7 Å². The second kappa shape index (κ2) is 32.6. The van der Waals surface area contributed by atoms with Gasteiger partial charge in [-0.05, 0) is 260 Å². The number of pyridine rings is 3. The molecule has 0 bridgehead atoms. The van der Waals surface area contributed by atoms with Crippen molar-refractivity contribution in [1.82, 2.24) is 0 Å². The Morgan fingerprint density at radius 3 is 0.954 bits per heavy atom. The van der Waals surface area contributed by atoms with Crippen LogP contribution in [0.2, 0.25) is 0 Å².